The molecule has 0 saturated carbocycles. The highest BCUT2D eigenvalue weighted by atomic mass is 16.3. The monoisotopic (exact) mass is 432 g/mol. The Bertz CT molecular complexity index is 1080. The molecule has 3 heteroatoms. The van der Waals surface area contributed by atoms with Crippen molar-refractivity contribution in [3.05, 3.63) is 84.5 Å². The molecule has 3 N–H and O–H groups in total. The molecule has 0 radical (unpaired) electrons. The molecule has 0 aliphatic heterocycles. The summed E-state index contributed by atoms with van der Waals surface area (Å²) in [6, 6.07) is 4.12. The second-order valence-electron chi connectivity index (χ2n) is 9.44. The Labute approximate surface area is 192 Å². The third-order valence-corrected chi connectivity index (χ3v) is 7.63. The van der Waals surface area contributed by atoms with Crippen molar-refractivity contribution in [3.8, 4) is 17.2 Å². The van der Waals surface area contributed by atoms with E-state index in [1.807, 2.05) is 55.4 Å². The molecule has 0 saturated heterocycles. The van der Waals surface area contributed by atoms with Crippen LogP contribution in [0.25, 0.3) is 0 Å². The van der Waals surface area contributed by atoms with E-state index in [0.29, 0.717) is 30.1 Å². The van der Waals surface area contributed by atoms with Crippen LogP contribution in [0.15, 0.2) is 12.1 Å². The summed E-state index contributed by atoms with van der Waals surface area (Å²) in [6.07, 6.45) is 1.23. The molecule has 3 nitrogen and oxygen atoms in total. The van der Waals surface area contributed by atoms with Gasteiger partial charge in [0, 0.05) is 12.8 Å². The van der Waals surface area contributed by atoms with E-state index in [4.69, 9.17) is 0 Å². The van der Waals surface area contributed by atoms with Gasteiger partial charge in [-0.3, -0.25) is 0 Å². The van der Waals surface area contributed by atoms with Crippen molar-refractivity contribution in [2.45, 2.75) is 75.2 Å². The first-order valence-corrected chi connectivity index (χ1v) is 11.2. The Kier molecular flexibility index (Phi) is 6.33. The standard InChI is InChI=1S/C29H36O3/c1-14-10-23(12-25-15(2)19(6)27(30)20(7)16(25)3)29(32)24(11-14)13-26-17(4)21(8)28(31)22(9)18(26)5/h10-11,30-32H,12-13H2,1-9H3. The third-order valence-electron chi connectivity index (χ3n) is 7.63. The van der Waals surface area contributed by atoms with Gasteiger partial charge in [0.15, 0.2) is 0 Å². The van der Waals surface area contributed by atoms with Gasteiger partial charge in [-0.25, -0.2) is 0 Å². The number of phenols is 3. The molecule has 0 fully saturated rings. The van der Waals surface area contributed by atoms with Crippen LogP contribution in [0.5, 0.6) is 17.2 Å². The fourth-order valence-electron chi connectivity index (χ4n) is 4.86. The van der Waals surface area contributed by atoms with Gasteiger partial charge in [-0.05, 0) is 129 Å². The summed E-state index contributed by atoms with van der Waals surface area (Å²) >= 11 is 0. The second kappa shape index (κ2) is 8.54. The molecule has 0 aromatic heterocycles. The van der Waals surface area contributed by atoms with Crippen molar-refractivity contribution in [2.75, 3.05) is 0 Å². The lowest BCUT2D eigenvalue weighted by Gasteiger charge is -2.21. The van der Waals surface area contributed by atoms with E-state index in [1.165, 1.54) is 0 Å². The Morgan fingerprint density at radius 1 is 0.438 bits per heavy atom. The molecule has 3 aromatic carbocycles. The normalized spacial score (nSPS) is 11.3. The van der Waals surface area contributed by atoms with E-state index in [2.05, 4.69) is 19.1 Å². The van der Waals surface area contributed by atoms with Gasteiger partial charge in [0.2, 0.25) is 0 Å². The number of rotatable bonds is 4. The largest absolute Gasteiger partial charge is 0.507 e. The summed E-state index contributed by atoms with van der Waals surface area (Å²) in [6.45, 7) is 18.0. The zero-order chi connectivity index (χ0) is 24.1. The molecule has 0 bridgehead atoms. The molecular formula is C29H36O3. The maximum Gasteiger partial charge on any atom is 0.122 e. The quantitative estimate of drug-likeness (QED) is 0.427. The number of aromatic hydroxyl groups is 3. The minimum atomic E-state index is 0.333. The lowest BCUT2D eigenvalue weighted by Crippen LogP contribution is -2.05. The van der Waals surface area contributed by atoms with Crippen LogP contribution in [0.4, 0.5) is 0 Å². The van der Waals surface area contributed by atoms with Crippen molar-refractivity contribution < 1.29 is 15.3 Å². The van der Waals surface area contributed by atoms with Gasteiger partial charge < -0.3 is 15.3 Å². The predicted octanol–water partition coefficient (Wildman–Crippen LogP) is 6.76. The van der Waals surface area contributed by atoms with E-state index in [-0.39, 0.29) is 0 Å². The van der Waals surface area contributed by atoms with Crippen molar-refractivity contribution in [3.63, 3.8) is 0 Å². The lowest BCUT2D eigenvalue weighted by atomic mass is 9.86. The highest BCUT2D eigenvalue weighted by Crippen LogP contribution is 2.37. The smallest absolute Gasteiger partial charge is 0.122 e. The maximum absolute atomic E-state index is 11.3. The third kappa shape index (κ3) is 3.85. The first-order chi connectivity index (χ1) is 14.9. The second-order valence-corrected chi connectivity index (χ2v) is 9.44. The molecule has 32 heavy (non-hydrogen) atoms. The van der Waals surface area contributed by atoms with Crippen LogP contribution in [0, 0.1) is 62.3 Å². The molecule has 0 unspecified atom stereocenters. The van der Waals surface area contributed by atoms with E-state index in [9.17, 15) is 15.3 Å². The zero-order valence-electron chi connectivity index (χ0n) is 20.9. The Morgan fingerprint density at radius 2 is 0.719 bits per heavy atom. The number of phenolic OH excluding ortho intramolecular Hbond substituents is 3. The van der Waals surface area contributed by atoms with Gasteiger partial charge in [-0.15, -0.1) is 0 Å². The van der Waals surface area contributed by atoms with Gasteiger partial charge in [0.1, 0.15) is 17.2 Å². The van der Waals surface area contributed by atoms with Crippen LogP contribution in [0.1, 0.15) is 72.3 Å². The van der Waals surface area contributed by atoms with Gasteiger partial charge in [-0.2, -0.15) is 0 Å². The summed E-state index contributed by atoms with van der Waals surface area (Å²) in [5, 5.41) is 32.1. The van der Waals surface area contributed by atoms with Crippen LogP contribution in [0.2, 0.25) is 0 Å². The van der Waals surface area contributed by atoms with E-state index in [1.54, 1.807) is 0 Å². The first-order valence-electron chi connectivity index (χ1n) is 11.2. The molecule has 0 amide bonds. The van der Waals surface area contributed by atoms with Gasteiger partial charge in [0.05, 0.1) is 0 Å². The van der Waals surface area contributed by atoms with Gasteiger partial charge in [-0.1, -0.05) is 17.7 Å². The predicted molar refractivity (Wildman–Crippen MR) is 133 cm³/mol. The minimum absolute atomic E-state index is 0.333. The average Bonchev–Trinajstić information content (AvgIpc) is 2.76. The summed E-state index contributed by atoms with van der Waals surface area (Å²) in [4.78, 5) is 0. The molecule has 3 rings (SSSR count). The summed E-state index contributed by atoms with van der Waals surface area (Å²) in [7, 11) is 0. The molecule has 0 spiro atoms. The molecule has 170 valence electrons. The summed E-state index contributed by atoms with van der Waals surface area (Å²) in [5.41, 5.74) is 13.1. The molecule has 0 aliphatic rings. The van der Waals surface area contributed by atoms with Gasteiger partial charge >= 0.3 is 0 Å². The van der Waals surface area contributed by atoms with Crippen molar-refractivity contribution in [1.82, 2.24) is 0 Å². The molecule has 0 atom stereocenters. The molecule has 3 aromatic rings. The van der Waals surface area contributed by atoms with Crippen molar-refractivity contribution in [2.24, 2.45) is 0 Å². The van der Waals surface area contributed by atoms with E-state index in [0.717, 1.165) is 72.3 Å². The van der Waals surface area contributed by atoms with Gasteiger partial charge in [0.25, 0.3) is 0 Å². The van der Waals surface area contributed by atoms with Crippen LogP contribution in [-0.4, -0.2) is 15.3 Å². The van der Waals surface area contributed by atoms with Crippen molar-refractivity contribution >= 4 is 0 Å². The van der Waals surface area contributed by atoms with E-state index < -0.39 is 0 Å². The Balaban J connectivity index is 2.12. The lowest BCUT2D eigenvalue weighted by molar-refractivity contribution is 0.462. The molecular weight excluding hydrogens is 396 g/mol. The number of hydrogen-bond donors (Lipinski definition) is 3. The average molecular weight is 433 g/mol. The zero-order valence-corrected chi connectivity index (χ0v) is 20.9. The Hall–Kier alpha value is -2.94. The minimum Gasteiger partial charge on any atom is -0.507 e. The van der Waals surface area contributed by atoms with Crippen molar-refractivity contribution in [1.29, 1.82) is 0 Å². The van der Waals surface area contributed by atoms with Crippen LogP contribution in [0.3, 0.4) is 0 Å². The fraction of sp³-hybridized carbons (Fsp3) is 0.379. The van der Waals surface area contributed by atoms with Crippen LogP contribution in [-0.2, 0) is 12.8 Å². The number of hydrogen-bond acceptors (Lipinski definition) is 3. The number of aryl methyl sites for hydroxylation is 1. The Morgan fingerprint density at radius 3 is 1.00 bits per heavy atom. The summed E-state index contributed by atoms with van der Waals surface area (Å²) < 4.78 is 0. The topological polar surface area (TPSA) is 60.7 Å². The van der Waals surface area contributed by atoms with E-state index >= 15 is 0 Å². The highest BCUT2D eigenvalue weighted by molar-refractivity contribution is 5.58. The highest BCUT2D eigenvalue weighted by Gasteiger charge is 2.19. The SMILES string of the molecule is Cc1cc(Cc2c(C)c(C)c(O)c(C)c2C)c(O)c(Cc2c(C)c(C)c(O)c(C)c2C)c1. The van der Waals surface area contributed by atoms with Crippen LogP contribution >= 0.6 is 0 Å². The maximum atomic E-state index is 11.3. The molecule has 0 heterocycles. The summed E-state index contributed by atoms with van der Waals surface area (Å²) in [5.74, 6) is 1.06. The first kappa shape index (κ1) is 23.7. The molecule has 0 aliphatic carbocycles. The number of benzene rings is 3. The van der Waals surface area contributed by atoms with Crippen LogP contribution < -0.4 is 0 Å². The fourth-order valence-corrected chi connectivity index (χ4v) is 4.86.